The van der Waals surface area contributed by atoms with Crippen molar-refractivity contribution in [2.24, 2.45) is 11.0 Å². The molecule has 1 atom stereocenters. The summed E-state index contributed by atoms with van der Waals surface area (Å²) in [5, 5.41) is 13.7. The fourth-order valence-electron chi connectivity index (χ4n) is 1.38. The predicted octanol–water partition coefficient (Wildman–Crippen LogP) is 0.315. The van der Waals surface area contributed by atoms with Gasteiger partial charge in [-0.1, -0.05) is 6.92 Å². The molecule has 0 aromatic heterocycles. The third kappa shape index (κ3) is 1.85. The van der Waals surface area contributed by atoms with Gasteiger partial charge >= 0.3 is 5.97 Å². The van der Waals surface area contributed by atoms with E-state index in [1.54, 1.807) is 7.05 Å². The van der Waals surface area contributed by atoms with Crippen molar-refractivity contribution in [3.63, 3.8) is 0 Å². The molecule has 13 heavy (non-hydrogen) atoms. The maximum Gasteiger partial charge on any atom is 0.304 e. The van der Waals surface area contributed by atoms with Crippen LogP contribution >= 0.6 is 0 Å². The molecule has 5 heteroatoms. The van der Waals surface area contributed by atoms with Crippen LogP contribution in [0.15, 0.2) is 5.10 Å². The third-order valence-corrected chi connectivity index (χ3v) is 2.04. The van der Waals surface area contributed by atoms with Gasteiger partial charge in [0, 0.05) is 7.05 Å². The fourth-order valence-corrected chi connectivity index (χ4v) is 1.38. The van der Waals surface area contributed by atoms with E-state index in [0.717, 1.165) is 0 Å². The highest BCUT2D eigenvalue weighted by atomic mass is 16.4. The van der Waals surface area contributed by atoms with E-state index in [9.17, 15) is 9.59 Å². The van der Waals surface area contributed by atoms with Crippen molar-refractivity contribution in [2.75, 3.05) is 7.05 Å². The summed E-state index contributed by atoms with van der Waals surface area (Å²) in [5.74, 6) is -1.73. The van der Waals surface area contributed by atoms with Crippen LogP contribution in [0.2, 0.25) is 0 Å². The molecule has 0 spiro atoms. The van der Waals surface area contributed by atoms with Gasteiger partial charge in [-0.15, -0.1) is 0 Å². The number of amides is 1. The van der Waals surface area contributed by atoms with Crippen LogP contribution in [0.1, 0.15) is 19.8 Å². The minimum Gasteiger partial charge on any atom is -0.481 e. The lowest BCUT2D eigenvalue weighted by molar-refractivity contribution is -0.141. The maximum absolute atomic E-state index is 11.4. The van der Waals surface area contributed by atoms with E-state index in [0.29, 0.717) is 12.1 Å². The molecule has 0 aliphatic carbocycles. The summed E-state index contributed by atoms with van der Waals surface area (Å²) in [7, 11) is 1.54. The molecule has 0 bridgehead atoms. The van der Waals surface area contributed by atoms with E-state index in [1.807, 2.05) is 6.92 Å². The Balaban J connectivity index is 2.77. The molecule has 72 valence electrons. The molecule has 0 radical (unpaired) electrons. The van der Waals surface area contributed by atoms with Crippen LogP contribution in [0.3, 0.4) is 0 Å². The minimum atomic E-state index is -0.963. The number of carboxylic acids is 1. The highest BCUT2D eigenvalue weighted by Gasteiger charge is 2.34. The van der Waals surface area contributed by atoms with Crippen molar-refractivity contribution in [1.82, 2.24) is 5.01 Å². The zero-order valence-corrected chi connectivity index (χ0v) is 7.65. The Hall–Kier alpha value is -1.39. The molecule has 1 unspecified atom stereocenters. The van der Waals surface area contributed by atoms with Gasteiger partial charge in [-0.25, -0.2) is 5.01 Å². The zero-order valence-electron chi connectivity index (χ0n) is 7.65. The van der Waals surface area contributed by atoms with Gasteiger partial charge in [0.25, 0.3) is 5.91 Å². The van der Waals surface area contributed by atoms with E-state index in [1.165, 1.54) is 5.01 Å². The summed E-state index contributed by atoms with van der Waals surface area (Å²) in [6, 6.07) is 0. The first kappa shape index (κ1) is 9.70. The maximum atomic E-state index is 11.4. The van der Waals surface area contributed by atoms with Gasteiger partial charge in [-0.3, -0.25) is 9.59 Å². The SMILES string of the molecule is CCC1=NN(C)C(=O)C1CC(=O)O. The summed E-state index contributed by atoms with van der Waals surface area (Å²) in [6.45, 7) is 1.86. The van der Waals surface area contributed by atoms with Crippen LogP contribution in [0, 0.1) is 5.92 Å². The number of carbonyl (C=O) groups is 2. The van der Waals surface area contributed by atoms with Crippen LogP contribution in [0.25, 0.3) is 0 Å². The second kappa shape index (κ2) is 3.55. The molecule has 1 N–H and O–H groups in total. The van der Waals surface area contributed by atoms with E-state index in [-0.39, 0.29) is 12.3 Å². The first-order valence-electron chi connectivity index (χ1n) is 4.13. The number of hydrazone groups is 1. The number of hydrogen-bond donors (Lipinski definition) is 1. The van der Waals surface area contributed by atoms with Crippen molar-refractivity contribution in [1.29, 1.82) is 0 Å². The Bertz CT molecular complexity index is 273. The molecular weight excluding hydrogens is 172 g/mol. The van der Waals surface area contributed by atoms with Gasteiger partial charge < -0.3 is 5.11 Å². The average Bonchev–Trinajstić information content (AvgIpc) is 2.31. The zero-order chi connectivity index (χ0) is 10.0. The molecule has 1 heterocycles. The molecule has 0 saturated carbocycles. The third-order valence-electron chi connectivity index (χ3n) is 2.04. The Morgan fingerprint density at radius 3 is 2.77 bits per heavy atom. The molecule has 1 amide bonds. The molecule has 0 fully saturated rings. The van der Waals surface area contributed by atoms with E-state index in [2.05, 4.69) is 5.10 Å². The Morgan fingerprint density at radius 2 is 2.31 bits per heavy atom. The molecule has 5 nitrogen and oxygen atoms in total. The number of carboxylic acid groups (broad SMARTS) is 1. The summed E-state index contributed by atoms with van der Waals surface area (Å²) in [6.07, 6.45) is 0.462. The Morgan fingerprint density at radius 1 is 1.69 bits per heavy atom. The van der Waals surface area contributed by atoms with Crippen LogP contribution in [-0.2, 0) is 9.59 Å². The molecular formula is C8H12N2O3. The second-order valence-electron chi connectivity index (χ2n) is 2.96. The summed E-state index contributed by atoms with van der Waals surface area (Å²) in [5.41, 5.74) is 0.662. The van der Waals surface area contributed by atoms with Gasteiger partial charge in [0.05, 0.1) is 18.1 Å². The minimum absolute atomic E-state index is 0.157. The largest absolute Gasteiger partial charge is 0.481 e. The molecule has 1 rings (SSSR count). The van der Waals surface area contributed by atoms with Crippen molar-refractivity contribution in [3.05, 3.63) is 0 Å². The van der Waals surface area contributed by atoms with Crippen molar-refractivity contribution < 1.29 is 14.7 Å². The molecule has 0 aromatic carbocycles. The lowest BCUT2D eigenvalue weighted by atomic mass is 9.98. The monoisotopic (exact) mass is 184 g/mol. The number of aliphatic carboxylic acids is 1. The molecule has 1 aliphatic heterocycles. The predicted molar refractivity (Wildman–Crippen MR) is 46.2 cm³/mol. The van der Waals surface area contributed by atoms with Crippen LogP contribution in [0.4, 0.5) is 0 Å². The molecule has 0 aromatic rings. The van der Waals surface area contributed by atoms with Crippen LogP contribution in [0.5, 0.6) is 0 Å². The normalized spacial score (nSPS) is 22.0. The Kier molecular flexibility index (Phi) is 2.65. The number of carbonyl (C=O) groups excluding carboxylic acids is 1. The number of nitrogens with zero attached hydrogens (tertiary/aromatic N) is 2. The lowest BCUT2D eigenvalue weighted by Gasteiger charge is -2.07. The smallest absolute Gasteiger partial charge is 0.304 e. The average molecular weight is 184 g/mol. The standard InChI is InChI=1S/C8H12N2O3/c1-3-6-5(4-7(11)12)8(13)10(2)9-6/h5H,3-4H2,1-2H3,(H,11,12). The van der Waals surface area contributed by atoms with Gasteiger partial charge in [0.1, 0.15) is 0 Å². The molecule has 0 saturated heterocycles. The van der Waals surface area contributed by atoms with E-state index < -0.39 is 11.9 Å². The first-order chi connectivity index (χ1) is 6.06. The summed E-state index contributed by atoms with van der Waals surface area (Å²) < 4.78 is 0. The first-order valence-corrected chi connectivity index (χ1v) is 4.13. The van der Waals surface area contributed by atoms with Crippen LogP contribution in [-0.4, -0.2) is 34.8 Å². The number of rotatable bonds is 3. The summed E-state index contributed by atoms with van der Waals surface area (Å²) in [4.78, 5) is 21.8. The van der Waals surface area contributed by atoms with Gasteiger partial charge in [-0.05, 0) is 6.42 Å². The number of hydrogen-bond acceptors (Lipinski definition) is 3. The van der Waals surface area contributed by atoms with Gasteiger partial charge in [0.2, 0.25) is 0 Å². The fraction of sp³-hybridized carbons (Fsp3) is 0.625. The van der Waals surface area contributed by atoms with Crippen molar-refractivity contribution in [3.8, 4) is 0 Å². The second-order valence-corrected chi connectivity index (χ2v) is 2.96. The van der Waals surface area contributed by atoms with Crippen molar-refractivity contribution >= 4 is 17.6 Å². The highest BCUT2D eigenvalue weighted by Crippen LogP contribution is 2.19. The molecule has 1 aliphatic rings. The van der Waals surface area contributed by atoms with Gasteiger partial charge in [-0.2, -0.15) is 5.10 Å². The van der Waals surface area contributed by atoms with Crippen molar-refractivity contribution in [2.45, 2.75) is 19.8 Å². The highest BCUT2D eigenvalue weighted by molar-refractivity contribution is 6.09. The Labute approximate surface area is 76.0 Å². The van der Waals surface area contributed by atoms with E-state index >= 15 is 0 Å². The van der Waals surface area contributed by atoms with E-state index in [4.69, 9.17) is 5.11 Å². The topological polar surface area (TPSA) is 70.0 Å². The summed E-state index contributed by atoms with van der Waals surface area (Å²) >= 11 is 0. The van der Waals surface area contributed by atoms with Crippen LogP contribution < -0.4 is 0 Å². The van der Waals surface area contributed by atoms with Gasteiger partial charge in [0.15, 0.2) is 0 Å². The lowest BCUT2D eigenvalue weighted by Crippen LogP contribution is -2.26. The quantitative estimate of drug-likeness (QED) is 0.686.